The molecule has 2 atom stereocenters. The number of hydrogen-bond acceptors (Lipinski definition) is 5. The summed E-state index contributed by atoms with van der Waals surface area (Å²) in [6, 6.07) is 15.0. The molecule has 1 heterocycles. The fraction of sp³-hybridized carbons (Fsp3) is 0.423. The summed E-state index contributed by atoms with van der Waals surface area (Å²) < 4.78 is 11.0. The predicted octanol–water partition coefficient (Wildman–Crippen LogP) is 3.40. The van der Waals surface area contributed by atoms with Gasteiger partial charge in [0, 0.05) is 25.5 Å². The first-order valence-electron chi connectivity index (χ1n) is 11.7. The van der Waals surface area contributed by atoms with Crippen LogP contribution in [0.3, 0.4) is 0 Å². The molecule has 4 rings (SSSR count). The Morgan fingerprint density at radius 3 is 2.32 bits per heavy atom. The van der Waals surface area contributed by atoms with E-state index in [1.807, 2.05) is 43.3 Å². The highest BCUT2D eigenvalue weighted by atomic mass is 16.5. The van der Waals surface area contributed by atoms with Crippen LogP contribution in [0.5, 0.6) is 0 Å². The lowest BCUT2D eigenvalue weighted by atomic mass is 9.98. The quantitative estimate of drug-likeness (QED) is 0.587. The summed E-state index contributed by atoms with van der Waals surface area (Å²) >= 11 is 0. The van der Waals surface area contributed by atoms with E-state index >= 15 is 0 Å². The molecule has 1 aliphatic carbocycles. The highest BCUT2D eigenvalue weighted by Gasteiger charge is 2.33. The molecule has 2 N–H and O–H groups in total. The summed E-state index contributed by atoms with van der Waals surface area (Å²) in [6.07, 6.45) is -0.262. The van der Waals surface area contributed by atoms with Crippen molar-refractivity contribution in [3.8, 4) is 11.1 Å². The second kappa shape index (κ2) is 10.7. The number of alkyl carbamates (subject to hydrolysis) is 1. The molecule has 2 aliphatic rings. The number of nitrogens with zero attached hydrogens (tertiary/aromatic N) is 1. The average molecular weight is 467 g/mol. The Morgan fingerprint density at radius 2 is 1.76 bits per heavy atom. The number of carboxylic acids is 1. The number of carbonyl (C=O) groups is 3. The topological polar surface area (TPSA) is 105 Å². The Kier molecular flexibility index (Phi) is 7.47. The van der Waals surface area contributed by atoms with Crippen LogP contribution in [0.1, 0.15) is 43.2 Å². The first kappa shape index (κ1) is 23.8. The third-order valence-electron chi connectivity index (χ3n) is 6.55. The maximum absolute atomic E-state index is 13.2. The van der Waals surface area contributed by atoms with Gasteiger partial charge < -0.3 is 24.8 Å². The molecule has 2 unspecified atom stereocenters. The van der Waals surface area contributed by atoms with Gasteiger partial charge >= 0.3 is 12.1 Å². The number of rotatable bonds is 9. The minimum Gasteiger partial charge on any atom is -0.481 e. The molecule has 8 nitrogen and oxygen atoms in total. The van der Waals surface area contributed by atoms with Gasteiger partial charge in [-0.3, -0.25) is 9.59 Å². The number of ether oxygens (including phenoxy) is 2. The van der Waals surface area contributed by atoms with Crippen molar-refractivity contribution in [1.29, 1.82) is 0 Å². The Bertz CT molecular complexity index is 1000. The van der Waals surface area contributed by atoms with Gasteiger partial charge in [-0.25, -0.2) is 4.79 Å². The Balaban J connectivity index is 1.44. The lowest BCUT2D eigenvalue weighted by Crippen LogP contribution is -2.52. The molecular weight excluding hydrogens is 436 g/mol. The van der Waals surface area contributed by atoms with Crippen LogP contribution < -0.4 is 5.32 Å². The summed E-state index contributed by atoms with van der Waals surface area (Å²) in [5.41, 5.74) is 4.43. The zero-order chi connectivity index (χ0) is 24.1. The minimum atomic E-state index is -1.03. The van der Waals surface area contributed by atoms with E-state index < -0.39 is 18.1 Å². The lowest BCUT2D eigenvalue weighted by molar-refractivity contribution is -0.138. The van der Waals surface area contributed by atoms with Crippen molar-refractivity contribution in [2.24, 2.45) is 0 Å². The van der Waals surface area contributed by atoms with Crippen molar-refractivity contribution in [3.63, 3.8) is 0 Å². The van der Waals surface area contributed by atoms with Crippen LogP contribution >= 0.6 is 0 Å². The molecule has 2 aromatic carbocycles. The van der Waals surface area contributed by atoms with Gasteiger partial charge in [0.2, 0.25) is 5.91 Å². The monoisotopic (exact) mass is 466 g/mol. The Labute approximate surface area is 198 Å². The van der Waals surface area contributed by atoms with Gasteiger partial charge in [0.25, 0.3) is 0 Å². The molecule has 0 aromatic heterocycles. The van der Waals surface area contributed by atoms with Crippen molar-refractivity contribution in [2.45, 2.75) is 44.2 Å². The smallest absolute Gasteiger partial charge is 0.407 e. The predicted molar refractivity (Wildman–Crippen MR) is 125 cm³/mol. The average Bonchev–Trinajstić information content (AvgIpc) is 3.47. The van der Waals surface area contributed by atoms with E-state index in [1.165, 1.54) is 0 Å². The molecular formula is C26H30N2O6. The second-order valence-electron chi connectivity index (χ2n) is 8.60. The van der Waals surface area contributed by atoms with E-state index in [0.717, 1.165) is 28.7 Å². The highest BCUT2D eigenvalue weighted by molar-refractivity contribution is 5.86. The van der Waals surface area contributed by atoms with Gasteiger partial charge in [-0.05, 0) is 42.0 Å². The molecule has 2 amide bonds. The van der Waals surface area contributed by atoms with Crippen LogP contribution in [-0.2, 0) is 19.1 Å². The zero-order valence-electron chi connectivity index (χ0n) is 19.2. The normalized spacial score (nSPS) is 17.5. The molecule has 1 aliphatic heterocycles. The largest absolute Gasteiger partial charge is 0.481 e. The Hall–Kier alpha value is -3.39. The fourth-order valence-corrected chi connectivity index (χ4v) is 4.87. The molecule has 0 bridgehead atoms. The molecule has 2 aromatic rings. The summed E-state index contributed by atoms with van der Waals surface area (Å²) in [6.45, 7) is 3.44. The maximum Gasteiger partial charge on any atom is 0.407 e. The number of amides is 2. The van der Waals surface area contributed by atoms with Crippen LogP contribution in [0.4, 0.5) is 4.79 Å². The van der Waals surface area contributed by atoms with Crippen molar-refractivity contribution in [1.82, 2.24) is 10.2 Å². The SMILES string of the molecule is CCN(C(=O)C(CCC(=O)O)NC(=O)OCC1c2ccccc2-c2ccccc21)C1CCOC1. The van der Waals surface area contributed by atoms with Crippen LogP contribution in [0, 0.1) is 0 Å². The summed E-state index contributed by atoms with van der Waals surface area (Å²) in [5, 5.41) is 11.8. The van der Waals surface area contributed by atoms with Crippen molar-refractivity contribution in [3.05, 3.63) is 59.7 Å². The third kappa shape index (κ3) is 5.07. The molecule has 0 radical (unpaired) electrons. The summed E-state index contributed by atoms with van der Waals surface area (Å²) in [7, 11) is 0. The number of nitrogens with one attached hydrogen (secondary N) is 1. The van der Waals surface area contributed by atoms with Gasteiger partial charge in [-0.2, -0.15) is 0 Å². The number of likely N-dealkylation sites (N-methyl/N-ethyl adjacent to an activating group) is 1. The van der Waals surface area contributed by atoms with Gasteiger partial charge in [0.05, 0.1) is 12.6 Å². The molecule has 0 saturated carbocycles. The van der Waals surface area contributed by atoms with E-state index in [0.29, 0.717) is 19.8 Å². The summed E-state index contributed by atoms with van der Waals surface area (Å²) in [5.74, 6) is -1.44. The number of aliphatic carboxylic acids is 1. The number of hydrogen-bond donors (Lipinski definition) is 2. The third-order valence-corrected chi connectivity index (χ3v) is 6.55. The van der Waals surface area contributed by atoms with Gasteiger partial charge in [-0.1, -0.05) is 48.5 Å². The standard InChI is InChI=1S/C26H30N2O6/c1-2-28(17-13-14-33-15-17)25(31)23(11-12-24(29)30)27-26(32)34-16-22-20-9-5-3-7-18(20)19-8-4-6-10-21(19)22/h3-10,17,22-23H,2,11-16H2,1H3,(H,27,32)(H,29,30). The van der Waals surface area contributed by atoms with Crippen molar-refractivity contribution >= 4 is 18.0 Å². The minimum absolute atomic E-state index is 0.0115. The first-order chi connectivity index (χ1) is 16.5. The molecule has 1 fully saturated rings. The van der Waals surface area contributed by atoms with E-state index in [1.54, 1.807) is 4.90 Å². The molecule has 180 valence electrons. The Morgan fingerprint density at radius 1 is 1.12 bits per heavy atom. The second-order valence-corrected chi connectivity index (χ2v) is 8.60. The van der Waals surface area contributed by atoms with Crippen molar-refractivity contribution < 1.29 is 29.0 Å². The van der Waals surface area contributed by atoms with E-state index in [-0.39, 0.29) is 37.3 Å². The molecule has 0 spiro atoms. The highest BCUT2D eigenvalue weighted by Crippen LogP contribution is 2.44. The van der Waals surface area contributed by atoms with Gasteiger partial charge in [0.1, 0.15) is 12.6 Å². The van der Waals surface area contributed by atoms with Gasteiger partial charge in [0.15, 0.2) is 0 Å². The fourth-order valence-electron chi connectivity index (χ4n) is 4.87. The summed E-state index contributed by atoms with van der Waals surface area (Å²) in [4.78, 5) is 38.8. The molecule has 8 heteroatoms. The van der Waals surface area contributed by atoms with Crippen LogP contribution in [-0.4, -0.2) is 66.4 Å². The number of benzene rings is 2. The molecule has 1 saturated heterocycles. The van der Waals surface area contributed by atoms with Crippen LogP contribution in [0.15, 0.2) is 48.5 Å². The van der Waals surface area contributed by atoms with Crippen LogP contribution in [0.2, 0.25) is 0 Å². The molecule has 34 heavy (non-hydrogen) atoms. The van der Waals surface area contributed by atoms with Crippen molar-refractivity contribution in [2.75, 3.05) is 26.4 Å². The number of carbonyl (C=O) groups excluding carboxylic acids is 2. The first-order valence-corrected chi connectivity index (χ1v) is 11.7. The van der Waals surface area contributed by atoms with Crippen LogP contribution in [0.25, 0.3) is 11.1 Å². The number of fused-ring (bicyclic) bond motifs is 3. The van der Waals surface area contributed by atoms with E-state index in [4.69, 9.17) is 14.6 Å². The maximum atomic E-state index is 13.2. The number of carboxylic acid groups (broad SMARTS) is 1. The van der Waals surface area contributed by atoms with E-state index in [9.17, 15) is 14.4 Å². The van der Waals surface area contributed by atoms with E-state index in [2.05, 4.69) is 17.4 Å². The zero-order valence-corrected chi connectivity index (χ0v) is 19.2. The lowest BCUT2D eigenvalue weighted by Gasteiger charge is -2.30. The van der Waals surface area contributed by atoms with Gasteiger partial charge in [-0.15, -0.1) is 0 Å².